The number of benzene rings is 1. The van der Waals surface area contributed by atoms with E-state index in [1.165, 1.54) is 16.8 Å². The Morgan fingerprint density at radius 3 is 2.70 bits per heavy atom. The SMILES string of the molecule is Cc1cc(N2CCCN(C(=O)[C@@H]3Cc4ccccc4CN3C)CC2)ccn1. The predicted molar refractivity (Wildman–Crippen MR) is 108 cm³/mol. The van der Waals surface area contributed by atoms with Gasteiger partial charge in [0.25, 0.3) is 0 Å². The molecule has 3 heterocycles. The predicted octanol–water partition coefficient (Wildman–Crippen LogP) is 2.49. The van der Waals surface area contributed by atoms with Crippen molar-refractivity contribution in [2.24, 2.45) is 0 Å². The molecular weight excluding hydrogens is 336 g/mol. The maximum atomic E-state index is 13.3. The maximum Gasteiger partial charge on any atom is 0.240 e. The van der Waals surface area contributed by atoms with E-state index in [9.17, 15) is 4.79 Å². The fraction of sp³-hybridized carbons (Fsp3) is 0.455. The number of aromatic nitrogens is 1. The van der Waals surface area contributed by atoms with Crippen LogP contribution >= 0.6 is 0 Å². The average molecular weight is 364 g/mol. The molecule has 0 bridgehead atoms. The zero-order valence-electron chi connectivity index (χ0n) is 16.3. The lowest BCUT2D eigenvalue weighted by molar-refractivity contribution is -0.136. The first-order valence-electron chi connectivity index (χ1n) is 9.85. The van der Waals surface area contributed by atoms with Gasteiger partial charge >= 0.3 is 0 Å². The normalized spacial score (nSPS) is 20.9. The number of fused-ring (bicyclic) bond motifs is 1. The number of pyridine rings is 1. The zero-order valence-corrected chi connectivity index (χ0v) is 16.3. The van der Waals surface area contributed by atoms with Crippen molar-refractivity contribution in [3.8, 4) is 0 Å². The fourth-order valence-electron chi connectivity index (χ4n) is 4.26. The smallest absolute Gasteiger partial charge is 0.240 e. The van der Waals surface area contributed by atoms with Gasteiger partial charge in [0.05, 0.1) is 6.04 Å². The van der Waals surface area contributed by atoms with Gasteiger partial charge in [0.2, 0.25) is 5.91 Å². The molecule has 27 heavy (non-hydrogen) atoms. The van der Waals surface area contributed by atoms with Crippen LogP contribution in [0.4, 0.5) is 5.69 Å². The minimum absolute atomic E-state index is 0.0466. The van der Waals surface area contributed by atoms with E-state index in [2.05, 4.69) is 63.1 Å². The van der Waals surface area contributed by atoms with Crippen LogP contribution in [0.25, 0.3) is 0 Å². The molecule has 0 spiro atoms. The van der Waals surface area contributed by atoms with Gasteiger partial charge < -0.3 is 9.80 Å². The van der Waals surface area contributed by atoms with Gasteiger partial charge in [-0.25, -0.2) is 0 Å². The molecule has 2 aromatic rings. The number of anilines is 1. The van der Waals surface area contributed by atoms with Gasteiger partial charge in [0, 0.05) is 50.3 Å². The maximum absolute atomic E-state index is 13.3. The summed E-state index contributed by atoms with van der Waals surface area (Å²) in [4.78, 5) is 24.2. The van der Waals surface area contributed by atoms with Gasteiger partial charge in [0.1, 0.15) is 0 Å². The summed E-state index contributed by atoms with van der Waals surface area (Å²) in [6.45, 7) is 6.35. The highest BCUT2D eigenvalue weighted by Crippen LogP contribution is 2.24. The molecule has 5 heteroatoms. The van der Waals surface area contributed by atoms with Gasteiger partial charge in [-0.1, -0.05) is 24.3 Å². The van der Waals surface area contributed by atoms with Crippen molar-refractivity contribution < 1.29 is 4.79 Å². The van der Waals surface area contributed by atoms with Crippen molar-refractivity contribution >= 4 is 11.6 Å². The molecular formula is C22H28N4O. The monoisotopic (exact) mass is 364 g/mol. The Labute approximate surface area is 161 Å². The van der Waals surface area contributed by atoms with Crippen LogP contribution in [0, 0.1) is 6.92 Å². The third-order valence-electron chi connectivity index (χ3n) is 5.82. The molecule has 1 fully saturated rings. The number of likely N-dealkylation sites (N-methyl/N-ethyl adjacent to an activating group) is 1. The molecule has 142 valence electrons. The molecule has 1 aromatic heterocycles. The first kappa shape index (κ1) is 18.0. The van der Waals surface area contributed by atoms with E-state index in [1.54, 1.807) is 0 Å². The summed E-state index contributed by atoms with van der Waals surface area (Å²) in [7, 11) is 2.07. The molecule has 2 aliphatic heterocycles. The van der Waals surface area contributed by atoms with Gasteiger partial charge in [-0.05, 0) is 50.1 Å². The molecule has 2 aliphatic rings. The second kappa shape index (κ2) is 7.69. The van der Waals surface area contributed by atoms with E-state index >= 15 is 0 Å². The van der Waals surface area contributed by atoms with Gasteiger partial charge in [-0.3, -0.25) is 14.7 Å². The van der Waals surface area contributed by atoms with E-state index in [-0.39, 0.29) is 11.9 Å². The summed E-state index contributed by atoms with van der Waals surface area (Å²) < 4.78 is 0. The third-order valence-corrected chi connectivity index (χ3v) is 5.82. The number of nitrogens with zero attached hydrogens (tertiary/aromatic N) is 4. The standard InChI is InChI=1S/C22H28N4O/c1-17-14-20(8-9-23-17)25-10-5-11-26(13-12-25)22(27)21-15-18-6-3-4-7-19(18)16-24(21)2/h3-4,6-9,14,21H,5,10-13,15-16H2,1-2H3/t21-/m0/s1. The molecule has 1 saturated heterocycles. The Bertz CT molecular complexity index is 821. The zero-order chi connectivity index (χ0) is 18.8. The first-order valence-corrected chi connectivity index (χ1v) is 9.85. The lowest BCUT2D eigenvalue weighted by atomic mass is 9.93. The van der Waals surface area contributed by atoms with Gasteiger partial charge in [-0.2, -0.15) is 0 Å². The number of hydrogen-bond acceptors (Lipinski definition) is 4. The van der Waals surface area contributed by atoms with Crippen molar-refractivity contribution in [2.75, 3.05) is 38.1 Å². The molecule has 1 aromatic carbocycles. The molecule has 5 nitrogen and oxygen atoms in total. The Hall–Kier alpha value is -2.40. The number of carbonyl (C=O) groups is 1. The second-order valence-electron chi connectivity index (χ2n) is 7.73. The second-order valence-corrected chi connectivity index (χ2v) is 7.73. The number of hydrogen-bond donors (Lipinski definition) is 0. The molecule has 0 N–H and O–H groups in total. The van der Waals surface area contributed by atoms with Crippen LogP contribution in [0.1, 0.15) is 23.2 Å². The minimum atomic E-state index is -0.0466. The van der Waals surface area contributed by atoms with E-state index in [4.69, 9.17) is 0 Å². The van der Waals surface area contributed by atoms with Crippen LogP contribution < -0.4 is 4.90 Å². The van der Waals surface area contributed by atoms with Gasteiger partial charge in [-0.15, -0.1) is 0 Å². The Morgan fingerprint density at radius 1 is 1.07 bits per heavy atom. The van der Waals surface area contributed by atoms with Crippen LogP contribution in [0.5, 0.6) is 0 Å². The number of rotatable bonds is 2. The van der Waals surface area contributed by atoms with E-state index in [0.717, 1.165) is 51.3 Å². The fourth-order valence-corrected chi connectivity index (χ4v) is 4.26. The third kappa shape index (κ3) is 3.83. The summed E-state index contributed by atoms with van der Waals surface area (Å²) in [5.41, 5.74) is 4.91. The molecule has 0 aliphatic carbocycles. The largest absolute Gasteiger partial charge is 0.370 e. The van der Waals surface area contributed by atoms with Crippen molar-refractivity contribution in [1.82, 2.24) is 14.8 Å². The highest BCUT2D eigenvalue weighted by Gasteiger charge is 2.32. The molecule has 1 atom stereocenters. The number of aryl methyl sites for hydroxylation is 1. The Balaban J connectivity index is 1.44. The number of carbonyl (C=O) groups excluding carboxylic acids is 1. The molecule has 0 unspecified atom stereocenters. The van der Waals surface area contributed by atoms with Crippen molar-refractivity contribution in [3.63, 3.8) is 0 Å². The molecule has 4 rings (SSSR count). The quantitative estimate of drug-likeness (QED) is 0.821. The van der Waals surface area contributed by atoms with E-state index in [1.807, 2.05) is 13.1 Å². The van der Waals surface area contributed by atoms with Crippen LogP contribution in [0.3, 0.4) is 0 Å². The van der Waals surface area contributed by atoms with Crippen molar-refractivity contribution in [3.05, 3.63) is 59.4 Å². The van der Waals surface area contributed by atoms with Crippen LogP contribution in [-0.4, -0.2) is 60.0 Å². The summed E-state index contributed by atoms with van der Waals surface area (Å²) >= 11 is 0. The molecule has 0 saturated carbocycles. The van der Waals surface area contributed by atoms with Crippen molar-refractivity contribution in [2.45, 2.75) is 32.4 Å². The summed E-state index contributed by atoms with van der Waals surface area (Å²) in [5, 5.41) is 0. The lowest BCUT2D eigenvalue weighted by Gasteiger charge is -2.36. The molecule has 0 radical (unpaired) electrons. The average Bonchev–Trinajstić information content (AvgIpc) is 2.93. The van der Waals surface area contributed by atoms with Crippen LogP contribution in [0.15, 0.2) is 42.6 Å². The highest BCUT2D eigenvalue weighted by molar-refractivity contribution is 5.82. The minimum Gasteiger partial charge on any atom is -0.370 e. The van der Waals surface area contributed by atoms with E-state index < -0.39 is 0 Å². The Morgan fingerprint density at radius 2 is 1.89 bits per heavy atom. The highest BCUT2D eigenvalue weighted by atomic mass is 16.2. The Kier molecular flexibility index (Phi) is 5.12. The topological polar surface area (TPSA) is 39.7 Å². The summed E-state index contributed by atoms with van der Waals surface area (Å²) in [5.74, 6) is 0.278. The van der Waals surface area contributed by atoms with Crippen LogP contribution in [-0.2, 0) is 17.8 Å². The van der Waals surface area contributed by atoms with Crippen molar-refractivity contribution in [1.29, 1.82) is 0 Å². The van der Waals surface area contributed by atoms with Crippen LogP contribution in [0.2, 0.25) is 0 Å². The molecule has 1 amide bonds. The summed E-state index contributed by atoms with van der Waals surface area (Å²) in [6.07, 6.45) is 3.68. The van der Waals surface area contributed by atoms with Gasteiger partial charge in [0.15, 0.2) is 0 Å². The van der Waals surface area contributed by atoms with E-state index in [0.29, 0.717) is 0 Å². The lowest BCUT2D eigenvalue weighted by Crippen LogP contribution is -2.51. The first-order chi connectivity index (χ1) is 13.1. The summed E-state index contributed by atoms with van der Waals surface area (Å²) in [6, 6.07) is 12.6. The number of amides is 1.